The highest BCUT2D eigenvalue weighted by atomic mass is 79.9. The third-order valence-electron chi connectivity index (χ3n) is 2.12. The highest BCUT2D eigenvalue weighted by Gasteiger charge is 2.15. The van der Waals surface area contributed by atoms with Crippen molar-refractivity contribution >= 4 is 44.3 Å². The van der Waals surface area contributed by atoms with Crippen molar-refractivity contribution in [2.24, 2.45) is 5.73 Å². The smallest absolute Gasteiger partial charge is 0.251 e. The van der Waals surface area contributed by atoms with Gasteiger partial charge in [-0.25, -0.2) is 4.39 Å². The van der Waals surface area contributed by atoms with Crippen LogP contribution in [0, 0.1) is 5.82 Å². The van der Waals surface area contributed by atoms with Gasteiger partial charge in [0, 0.05) is 10.7 Å². The Balaban J connectivity index is 2.94. The third kappa shape index (κ3) is 1.66. The Morgan fingerprint density at radius 3 is 2.81 bits per heavy atom. The van der Waals surface area contributed by atoms with E-state index in [4.69, 9.17) is 17.3 Å². The second kappa shape index (κ2) is 3.99. The van der Waals surface area contributed by atoms with E-state index in [-0.39, 0.29) is 16.0 Å². The van der Waals surface area contributed by atoms with Crippen LogP contribution in [0.4, 0.5) is 4.39 Å². The lowest BCUT2D eigenvalue weighted by Crippen LogP contribution is -2.12. The van der Waals surface area contributed by atoms with Crippen LogP contribution in [-0.4, -0.2) is 10.9 Å². The zero-order valence-electron chi connectivity index (χ0n) is 7.80. The molecule has 0 bridgehead atoms. The molecule has 0 aliphatic heterocycles. The zero-order valence-corrected chi connectivity index (χ0v) is 10.1. The summed E-state index contributed by atoms with van der Waals surface area (Å²) in [4.78, 5) is 15.0. The van der Waals surface area contributed by atoms with E-state index in [1.807, 2.05) is 0 Å². The van der Waals surface area contributed by atoms with Crippen LogP contribution in [-0.2, 0) is 0 Å². The molecule has 0 saturated heterocycles. The SMILES string of the molecule is NC(=O)c1cnc2c(Br)ccc(F)c2c1Cl. The lowest BCUT2D eigenvalue weighted by atomic mass is 10.1. The number of nitrogens with zero attached hydrogens (tertiary/aromatic N) is 1. The Kier molecular flexibility index (Phi) is 2.82. The van der Waals surface area contributed by atoms with Crippen LogP contribution < -0.4 is 5.73 Å². The summed E-state index contributed by atoms with van der Waals surface area (Å²) < 4.78 is 14.2. The molecule has 16 heavy (non-hydrogen) atoms. The van der Waals surface area contributed by atoms with E-state index in [2.05, 4.69) is 20.9 Å². The lowest BCUT2D eigenvalue weighted by Gasteiger charge is -2.06. The number of amides is 1. The number of primary amides is 1. The number of benzene rings is 1. The van der Waals surface area contributed by atoms with Gasteiger partial charge in [0.15, 0.2) is 0 Å². The van der Waals surface area contributed by atoms with E-state index in [9.17, 15) is 9.18 Å². The van der Waals surface area contributed by atoms with E-state index in [0.717, 1.165) is 0 Å². The van der Waals surface area contributed by atoms with Gasteiger partial charge in [0.2, 0.25) is 0 Å². The molecule has 2 N–H and O–H groups in total. The van der Waals surface area contributed by atoms with Crippen LogP contribution in [0.3, 0.4) is 0 Å². The highest BCUT2D eigenvalue weighted by molar-refractivity contribution is 9.10. The average molecular weight is 304 g/mol. The molecule has 1 heterocycles. The fourth-order valence-corrected chi connectivity index (χ4v) is 2.12. The minimum Gasteiger partial charge on any atom is -0.366 e. The van der Waals surface area contributed by atoms with Crippen LogP contribution in [0.15, 0.2) is 22.8 Å². The molecule has 1 aromatic heterocycles. The molecular weight excluding hydrogens is 298 g/mol. The van der Waals surface area contributed by atoms with Gasteiger partial charge in [-0.05, 0) is 28.1 Å². The van der Waals surface area contributed by atoms with Gasteiger partial charge in [0.05, 0.1) is 21.5 Å². The number of fused-ring (bicyclic) bond motifs is 1. The standard InChI is InChI=1S/C10H5BrClFN2O/c11-5-1-2-6(13)7-8(12)4(10(14)16)3-15-9(5)7/h1-3H,(H2,14,16). The predicted octanol–water partition coefficient (Wildman–Crippen LogP) is 2.89. The molecule has 3 nitrogen and oxygen atoms in total. The topological polar surface area (TPSA) is 56.0 Å². The Bertz CT molecular complexity index is 603. The summed E-state index contributed by atoms with van der Waals surface area (Å²) in [6.07, 6.45) is 1.23. The number of carbonyl (C=O) groups excluding carboxylic acids is 1. The van der Waals surface area contributed by atoms with Gasteiger partial charge >= 0.3 is 0 Å². The van der Waals surface area contributed by atoms with Gasteiger partial charge in [0.1, 0.15) is 5.82 Å². The van der Waals surface area contributed by atoms with Crippen molar-refractivity contribution < 1.29 is 9.18 Å². The van der Waals surface area contributed by atoms with Gasteiger partial charge in [-0.3, -0.25) is 9.78 Å². The molecule has 0 saturated carbocycles. The first-order valence-corrected chi connectivity index (χ1v) is 5.41. The second-order valence-corrected chi connectivity index (χ2v) is 4.34. The van der Waals surface area contributed by atoms with E-state index >= 15 is 0 Å². The molecule has 6 heteroatoms. The van der Waals surface area contributed by atoms with E-state index in [1.165, 1.54) is 18.3 Å². The van der Waals surface area contributed by atoms with Crippen molar-refractivity contribution in [3.63, 3.8) is 0 Å². The molecule has 0 aliphatic carbocycles. The number of hydrogen-bond acceptors (Lipinski definition) is 2. The molecule has 0 unspecified atom stereocenters. The first kappa shape index (κ1) is 11.3. The van der Waals surface area contributed by atoms with Crippen LogP contribution in [0.1, 0.15) is 10.4 Å². The Labute approximate surface area is 104 Å². The maximum atomic E-state index is 13.6. The Morgan fingerprint density at radius 1 is 1.50 bits per heavy atom. The van der Waals surface area contributed by atoms with E-state index in [0.29, 0.717) is 9.99 Å². The largest absolute Gasteiger partial charge is 0.366 e. The first-order valence-electron chi connectivity index (χ1n) is 4.24. The van der Waals surface area contributed by atoms with Gasteiger partial charge in [-0.2, -0.15) is 0 Å². The van der Waals surface area contributed by atoms with Gasteiger partial charge in [0.25, 0.3) is 5.91 Å². The molecule has 0 aliphatic rings. The number of nitrogens with two attached hydrogens (primary N) is 1. The molecule has 0 fully saturated rings. The molecule has 0 spiro atoms. The molecule has 2 rings (SSSR count). The van der Waals surface area contributed by atoms with Crippen molar-refractivity contribution in [2.45, 2.75) is 0 Å². The lowest BCUT2D eigenvalue weighted by molar-refractivity contribution is 0.100. The predicted molar refractivity (Wildman–Crippen MR) is 62.9 cm³/mol. The summed E-state index contributed by atoms with van der Waals surface area (Å²) >= 11 is 9.13. The molecule has 0 radical (unpaired) electrons. The molecule has 1 amide bonds. The minimum atomic E-state index is -0.737. The fraction of sp³-hybridized carbons (Fsp3) is 0. The summed E-state index contributed by atoms with van der Waals surface area (Å²) in [6, 6.07) is 2.76. The van der Waals surface area contributed by atoms with Crippen molar-refractivity contribution in [3.8, 4) is 0 Å². The van der Waals surface area contributed by atoms with Crippen LogP contribution in [0.2, 0.25) is 5.02 Å². The summed E-state index contributed by atoms with van der Waals surface area (Å²) in [5.41, 5.74) is 5.46. The summed E-state index contributed by atoms with van der Waals surface area (Å²) in [6.45, 7) is 0. The number of halogens is 3. The summed E-state index contributed by atoms with van der Waals surface area (Å²) in [5, 5.41) is 0.0728. The molecule has 1 aromatic carbocycles. The van der Waals surface area contributed by atoms with Crippen molar-refractivity contribution in [1.29, 1.82) is 0 Å². The first-order chi connectivity index (χ1) is 7.52. The van der Waals surface area contributed by atoms with Crippen LogP contribution in [0.5, 0.6) is 0 Å². The molecular formula is C10H5BrClFN2O. The van der Waals surface area contributed by atoms with Crippen LogP contribution >= 0.6 is 27.5 Å². The van der Waals surface area contributed by atoms with Crippen molar-refractivity contribution in [1.82, 2.24) is 4.98 Å². The zero-order chi connectivity index (χ0) is 11.9. The number of pyridine rings is 1. The molecule has 2 aromatic rings. The maximum Gasteiger partial charge on any atom is 0.251 e. The number of aromatic nitrogens is 1. The van der Waals surface area contributed by atoms with Gasteiger partial charge in [-0.15, -0.1) is 0 Å². The second-order valence-electron chi connectivity index (χ2n) is 3.10. The van der Waals surface area contributed by atoms with Crippen molar-refractivity contribution in [2.75, 3.05) is 0 Å². The normalized spacial score (nSPS) is 10.7. The number of rotatable bonds is 1. The van der Waals surface area contributed by atoms with E-state index in [1.54, 1.807) is 0 Å². The van der Waals surface area contributed by atoms with Crippen LogP contribution in [0.25, 0.3) is 10.9 Å². The van der Waals surface area contributed by atoms with E-state index < -0.39 is 11.7 Å². The van der Waals surface area contributed by atoms with Crippen molar-refractivity contribution in [3.05, 3.63) is 39.2 Å². The highest BCUT2D eigenvalue weighted by Crippen LogP contribution is 2.31. The molecule has 0 atom stereocenters. The number of hydrogen-bond donors (Lipinski definition) is 1. The summed E-state index contributed by atoms with van der Waals surface area (Å²) in [5.74, 6) is -1.28. The summed E-state index contributed by atoms with van der Waals surface area (Å²) in [7, 11) is 0. The Morgan fingerprint density at radius 2 is 2.19 bits per heavy atom. The fourth-order valence-electron chi connectivity index (χ4n) is 1.37. The van der Waals surface area contributed by atoms with Gasteiger partial charge < -0.3 is 5.73 Å². The van der Waals surface area contributed by atoms with Gasteiger partial charge in [-0.1, -0.05) is 11.6 Å². The average Bonchev–Trinajstić information content (AvgIpc) is 2.23. The minimum absolute atomic E-state index is 0.00571. The third-order valence-corrected chi connectivity index (χ3v) is 3.15. The maximum absolute atomic E-state index is 13.6. The quantitative estimate of drug-likeness (QED) is 0.880. The molecule has 82 valence electrons. The number of carbonyl (C=O) groups is 1. The Hall–Kier alpha value is -1.20. The monoisotopic (exact) mass is 302 g/mol.